The second-order valence-corrected chi connectivity index (χ2v) is 6.17. The van der Waals surface area contributed by atoms with E-state index >= 15 is 0 Å². The predicted octanol–water partition coefficient (Wildman–Crippen LogP) is 3.67. The van der Waals surface area contributed by atoms with E-state index in [1.165, 1.54) is 22.5 Å². The van der Waals surface area contributed by atoms with Gasteiger partial charge in [-0.1, -0.05) is 18.2 Å². The van der Waals surface area contributed by atoms with Crippen LogP contribution in [-0.4, -0.2) is 17.9 Å². The molecule has 1 aliphatic carbocycles. The lowest BCUT2D eigenvalue weighted by Crippen LogP contribution is -2.24. The smallest absolute Gasteiger partial charge is 0.349 e. The van der Waals surface area contributed by atoms with E-state index in [0.29, 0.717) is 10.4 Å². The second-order valence-electron chi connectivity index (χ2n) is 5.23. The van der Waals surface area contributed by atoms with Crippen molar-refractivity contribution in [2.45, 2.75) is 32.3 Å². The molecule has 0 N–H and O–H groups in total. The highest BCUT2D eigenvalue weighted by atomic mass is 32.1. The van der Waals surface area contributed by atoms with Gasteiger partial charge in [-0.15, -0.1) is 11.3 Å². The van der Waals surface area contributed by atoms with Gasteiger partial charge in [0.1, 0.15) is 4.88 Å². The van der Waals surface area contributed by atoms with Crippen LogP contribution in [0.15, 0.2) is 35.7 Å². The molecule has 0 unspecified atom stereocenters. The Morgan fingerprint density at radius 3 is 2.76 bits per heavy atom. The Bertz CT molecular complexity index is 673. The third kappa shape index (κ3) is 2.90. The number of carbonyl (C=O) groups is 2. The number of carbonyl (C=O) groups excluding carboxylic acids is 2. The van der Waals surface area contributed by atoms with Crippen LogP contribution in [-0.2, 0) is 17.6 Å². The molecule has 0 fully saturated rings. The summed E-state index contributed by atoms with van der Waals surface area (Å²) in [5.41, 5.74) is 3.20. The first-order valence-corrected chi connectivity index (χ1v) is 7.93. The van der Waals surface area contributed by atoms with Crippen molar-refractivity contribution >= 4 is 23.1 Å². The highest BCUT2D eigenvalue weighted by Crippen LogP contribution is 2.23. The number of benzene rings is 1. The zero-order chi connectivity index (χ0) is 14.8. The highest BCUT2D eigenvalue weighted by Gasteiger charge is 2.22. The first-order chi connectivity index (χ1) is 10.1. The lowest BCUT2D eigenvalue weighted by atomic mass is 10.0. The van der Waals surface area contributed by atoms with Gasteiger partial charge in [0.25, 0.3) is 0 Å². The molecule has 0 saturated heterocycles. The Kier molecular flexibility index (Phi) is 3.88. The number of ketones is 1. The van der Waals surface area contributed by atoms with E-state index in [1.807, 2.05) is 23.6 Å². The molecule has 1 aromatic carbocycles. The van der Waals surface area contributed by atoms with Gasteiger partial charge in [0, 0.05) is 5.56 Å². The number of rotatable bonds is 4. The van der Waals surface area contributed by atoms with E-state index in [-0.39, 0.29) is 5.78 Å². The summed E-state index contributed by atoms with van der Waals surface area (Å²) in [6, 6.07) is 9.28. The molecule has 0 saturated carbocycles. The summed E-state index contributed by atoms with van der Waals surface area (Å²) in [6.45, 7) is 1.63. The fourth-order valence-corrected chi connectivity index (χ4v) is 3.23. The summed E-state index contributed by atoms with van der Waals surface area (Å²) in [4.78, 5) is 24.8. The Labute approximate surface area is 127 Å². The maximum absolute atomic E-state index is 12.4. The molecule has 1 atom stereocenters. The molecule has 0 spiro atoms. The van der Waals surface area contributed by atoms with Crippen molar-refractivity contribution in [1.82, 2.24) is 0 Å². The number of hydrogen-bond acceptors (Lipinski definition) is 4. The average molecular weight is 300 g/mol. The van der Waals surface area contributed by atoms with E-state index in [1.54, 1.807) is 19.1 Å². The van der Waals surface area contributed by atoms with Crippen LogP contribution < -0.4 is 0 Å². The fourth-order valence-electron chi connectivity index (χ4n) is 2.63. The van der Waals surface area contributed by atoms with Crippen molar-refractivity contribution in [3.05, 3.63) is 57.3 Å². The Hall–Kier alpha value is -1.94. The zero-order valence-electron chi connectivity index (χ0n) is 11.8. The highest BCUT2D eigenvalue weighted by molar-refractivity contribution is 7.11. The number of esters is 1. The maximum atomic E-state index is 12.4. The van der Waals surface area contributed by atoms with Crippen molar-refractivity contribution < 1.29 is 14.3 Å². The summed E-state index contributed by atoms with van der Waals surface area (Å²) in [6.07, 6.45) is 2.50. The molecule has 2 aromatic rings. The summed E-state index contributed by atoms with van der Waals surface area (Å²) < 4.78 is 5.25. The second kappa shape index (κ2) is 5.82. The topological polar surface area (TPSA) is 43.4 Å². The normalized spacial score (nSPS) is 14.5. The van der Waals surface area contributed by atoms with E-state index in [0.717, 1.165) is 19.3 Å². The van der Waals surface area contributed by atoms with Crippen LogP contribution >= 0.6 is 11.3 Å². The fraction of sp³-hybridized carbons (Fsp3) is 0.294. The van der Waals surface area contributed by atoms with Gasteiger partial charge in [0.05, 0.1) is 0 Å². The zero-order valence-corrected chi connectivity index (χ0v) is 12.6. The van der Waals surface area contributed by atoms with E-state index in [4.69, 9.17) is 4.74 Å². The quantitative estimate of drug-likeness (QED) is 0.639. The average Bonchev–Trinajstić information content (AvgIpc) is 3.16. The molecule has 3 rings (SSSR count). The van der Waals surface area contributed by atoms with Gasteiger partial charge in [0.15, 0.2) is 6.10 Å². The summed E-state index contributed by atoms with van der Waals surface area (Å²) in [5, 5.41) is 1.81. The van der Waals surface area contributed by atoms with Crippen LogP contribution in [0.2, 0.25) is 0 Å². The number of fused-ring (bicyclic) bond motifs is 1. The molecule has 1 aliphatic rings. The van der Waals surface area contributed by atoms with Crippen molar-refractivity contribution in [2.75, 3.05) is 0 Å². The molecule has 1 heterocycles. The largest absolute Gasteiger partial charge is 0.450 e. The van der Waals surface area contributed by atoms with Crippen molar-refractivity contribution in [3.8, 4) is 0 Å². The minimum Gasteiger partial charge on any atom is -0.450 e. The van der Waals surface area contributed by atoms with Crippen LogP contribution in [0.1, 0.15) is 44.5 Å². The molecule has 108 valence electrons. The van der Waals surface area contributed by atoms with Gasteiger partial charge in [-0.3, -0.25) is 4.79 Å². The molecule has 0 radical (unpaired) electrons. The van der Waals surface area contributed by atoms with Gasteiger partial charge in [-0.05, 0) is 54.8 Å². The number of ether oxygens (including phenoxy) is 1. The molecule has 3 nitrogen and oxygen atoms in total. The van der Waals surface area contributed by atoms with Crippen LogP contribution in [0.4, 0.5) is 0 Å². The van der Waals surface area contributed by atoms with E-state index in [9.17, 15) is 9.59 Å². The monoisotopic (exact) mass is 300 g/mol. The summed E-state index contributed by atoms with van der Waals surface area (Å²) in [7, 11) is 0. The van der Waals surface area contributed by atoms with Crippen molar-refractivity contribution in [1.29, 1.82) is 0 Å². The predicted molar refractivity (Wildman–Crippen MR) is 82.0 cm³/mol. The third-order valence-corrected chi connectivity index (χ3v) is 4.61. The number of aryl methyl sites for hydroxylation is 2. The van der Waals surface area contributed by atoms with E-state index in [2.05, 4.69) is 0 Å². The van der Waals surface area contributed by atoms with Crippen LogP contribution in [0.5, 0.6) is 0 Å². The van der Waals surface area contributed by atoms with Gasteiger partial charge in [-0.25, -0.2) is 4.79 Å². The Morgan fingerprint density at radius 1 is 1.19 bits per heavy atom. The summed E-state index contributed by atoms with van der Waals surface area (Å²) >= 11 is 1.31. The van der Waals surface area contributed by atoms with Crippen LogP contribution in [0, 0.1) is 0 Å². The summed E-state index contributed by atoms with van der Waals surface area (Å²) in [5.74, 6) is -0.582. The third-order valence-electron chi connectivity index (χ3n) is 3.76. The molecule has 0 aliphatic heterocycles. The van der Waals surface area contributed by atoms with Crippen LogP contribution in [0.3, 0.4) is 0 Å². The lowest BCUT2D eigenvalue weighted by Gasteiger charge is -2.12. The van der Waals surface area contributed by atoms with Gasteiger partial charge >= 0.3 is 5.97 Å². The van der Waals surface area contributed by atoms with Gasteiger partial charge in [-0.2, -0.15) is 0 Å². The standard InChI is InChI=1S/C17H16O3S/c1-11(20-17(19)15-6-3-9-21-15)16(18)14-8-7-12-4-2-5-13(12)10-14/h3,6-11H,2,4-5H2,1H3/t11-/m1/s1. The van der Waals surface area contributed by atoms with Gasteiger partial charge < -0.3 is 4.74 Å². The molecule has 0 amide bonds. The lowest BCUT2D eigenvalue weighted by molar-refractivity contribution is 0.0323. The first-order valence-electron chi connectivity index (χ1n) is 7.05. The Morgan fingerprint density at radius 2 is 2.00 bits per heavy atom. The molecule has 4 heteroatoms. The molecule has 1 aromatic heterocycles. The van der Waals surface area contributed by atoms with Crippen molar-refractivity contribution in [3.63, 3.8) is 0 Å². The van der Waals surface area contributed by atoms with Gasteiger partial charge in [0.2, 0.25) is 5.78 Å². The number of thiophene rings is 1. The Balaban J connectivity index is 1.71. The SMILES string of the molecule is C[C@@H](OC(=O)c1cccs1)C(=O)c1ccc2c(c1)CCC2. The molecule has 0 bridgehead atoms. The maximum Gasteiger partial charge on any atom is 0.349 e. The molecular formula is C17H16O3S. The first kappa shape index (κ1) is 14.0. The van der Waals surface area contributed by atoms with E-state index < -0.39 is 12.1 Å². The van der Waals surface area contributed by atoms with Crippen molar-refractivity contribution in [2.24, 2.45) is 0 Å². The van der Waals surface area contributed by atoms with Crippen LogP contribution in [0.25, 0.3) is 0 Å². The number of hydrogen-bond donors (Lipinski definition) is 0. The molecule has 21 heavy (non-hydrogen) atoms. The number of Topliss-reactive ketones (excluding diaryl/α,β-unsaturated/α-hetero) is 1. The minimum absolute atomic E-state index is 0.144. The minimum atomic E-state index is -0.765. The molecular weight excluding hydrogens is 284 g/mol.